The minimum atomic E-state index is -1.16. The first kappa shape index (κ1) is 8.86. The zero-order valence-corrected chi connectivity index (χ0v) is 8.25. The molecular weight excluding hydrogens is 176 g/mol. The predicted molar refractivity (Wildman–Crippen MR) is 48.8 cm³/mol. The number of aliphatic hydroxyl groups excluding tert-OH is 1. The molecule has 0 aromatic carbocycles. The van der Waals surface area contributed by atoms with E-state index in [2.05, 4.69) is 14.1 Å². The lowest BCUT2D eigenvalue weighted by Crippen LogP contribution is -2.41. The molecule has 0 aromatic rings. The van der Waals surface area contributed by atoms with Gasteiger partial charge in [-0.2, -0.15) is 0 Å². The smallest absolute Gasteiger partial charge is 0.138 e. The molecule has 0 amide bonds. The summed E-state index contributed by atoms with van der Waals surface area (Å²) >= 11 is 0. The molecule has 2 nitrogen and oxygen atoms in total. The van der Waals surface area contributed by atoms with Gasteiger partial charge in [-0.1, -0.05) is 9.24 Å². The summed E-state index contributed by atoms with van der Waals surface area (Å²) in [6, 6.07) is 0. The third kappa shape index (κ3) is 1.19. The van der Waals surface area contributed by atoms with E-state index in [1.54, 1.807) is 0 Å². The zero-order valence-electron chi connectivity index (χ0n) is 7.09. The van der Waals surface area contributed by atoms with Crippen molar-refractivity contribution in [2.24, 2.45) is 0 Å². The van der Waals surface area contributed by atoms with Crippen molar-refractivity contribution in [3.63, 3.8) is 0 Å². The first-order valence-corrected chi connectivity index (χ1v) is 5.00. The molecule has 0 saturated carbocycles. The van der Waals surface area contributed by atoms with E-state index in [1.807, 2.05) is 0 Å². The van der Waals surface area contributed by atoms with E-state index in [4.69, 9.17) is 0 Å². The van der Waals surface area contributed by atoms with Crippen LogP contribution in [0.1, 0.15) is 19.3 Å². The van der Waals surface area contributed by atoms with Gasteiger partial charge in [0.1, 0.15) is 5.41 Å². The Hall–Kier alpha value is 0.280. The second-order valence-corrected chi connectivity index (χ2v) is 5.15. The highest BCUT2D eigenvalue weighted by molar-refractivity contribution is 7.18. The minimum absolute atomic E-state index is 0.104. The molecule has 3 atom stereocenters. The van der Waals surface area contributed by atoms with Crippen LogP contribution in [0.2, 0.25) is 0 Å². The monoisotopic (exact) mass is 191 g/mol. The maximum atomic E-state index is 13.6. The fourth-order valence-corrected chi connectivity index (χ4v) is 3.20. The highest BCUT2D eigenvalue weighted by Gasteiger charge is 2.53. The Labute approximate surface area is 74.3 Å². The van der Waals surface area contributed by atoms with Gasteiger partial charge in [-0.15, -0.1) is 0 Å². The lowest BCUT2D eigenvalue weighted by Gasteiger charge is -2.28. The van der Waals surface area contributed by atoms with Crippen molar-refractivity contribution in [3.8, 4) is 0 Å². The van der Waals surface area contributed by atoms with E-state index in [-0.39, 0.29) is 12.1 Å². The molecule has 0 aliphatic carbocycles. The van der Waals surface area contributed by atoms with Crippen LogP contribution in [0.4, 0.5) is 4.39 Å². The molecule has 2 heterocycles. The van der Waals surface area contributed by atoms with Crippen LogP contribution in [-0.4, -0.2) is 40.7 Å². The summed E-state index contributed by atoms with van der Waals surface area (Å²) in [6.07, 6.45) is 2.52. The van der Waals surface area contributed by atoms with E-state index >= 15 is 0 Å². The second kappa shape index (κ2) is 2.63. The van der Waals surface area contributed by atoms with E-state index in [0.717, 1.165) is 19.4 Å². The maximum absolute atomic E-state index is 13.6. The third-order valence-corrected chi connectivity index (χ3v) is 3.50. The summed E-state index contributed by atoms with van der Waals surface area (Å²) in [5.74, 6) is 0. The molecule has 2 rings (SSSR count). The summed E-state index contributed by atoms with van der Waals surface area (Å²) < 4.78 is 13.6. The average Bonchev–Trinajstić information content (AvgIpc) is 2.40. The molecule has 0 radical (unpaired) electrons. The van der Waals surface area contributed by atoms with Gasteiger partial charge in [0.25, 0.3) is 0 Å². The number of nitrogens with zero attached hydrogens (tertiary/aromatic N) is 1. The molecule has 12 heavy (non-hydrogen) atoms. The fourth-order valence-electron chi connectivity index (χ4n) is 2.60. The first-order chi connectivity index (χ1) is 5.58. The summed E-state index contributed by atoms with van der Waals surface area (Å²) in [4.78, 5) is 2.10. The fraction of sp³-hybridized carbons (Fsp3) is 1.00. The largest absolute Gasteiger partial charge is 0.394 e. The Kier molecular flexibility index (Phi) is 1.94. The number of hydrogen-bond acceptors (Lipinski definition) is 2. The van der Waals surface area contributed by atoms with Crippen LogP contribution in [-0.2, 0) is 0 Å². The topological polar surface area (TPSA) is 23.5 Å². The molecular formula is C8H15FNOP. The Morgan fingerprint density at radius 1 is 1.58 bits per heavy atom. The van der Waals surface area contributed by atoms with Gasteiger partial charge in [-0.05, 0) is 19.4 Å². The molecule has 3 unspecified atom stereocenters. The summed E-state index contributed by atoms with van der Waals surface area (Å²) in [7, 11) is 2.27. The number of alkyl halides is 1. The van der Waals surface area contributed by atoms with Crippen LogP contribution in [0.5, 0.6) is 0 Å². The van der Waals surface area contributed by atoms with Gasteiger partial charge in [0.2, 0.25) is 0 Å². The summed E-state index contributed by atoms with van der Waals surface area (Å²) in [5, 5.41) is 8.08. The molecule has 70 valence electrons. The van der Waals surface area contributed by atoms with Gasteiger partial charge >= 0.3 is 0 Å². The van der Waals surface area contributed by atoms with Crippen molar-refractivity contribution < 1.29 is 9.50 Å². The van der Waals surface area contributed by atoms with Gasteiger partial charge in [0.15, 0.2) is 0 Å². The van der Waals surface area contributed by atoms with E-state index in [1.165, 1.54) is 0 Å². The van der Waals surface area contributed by atoms with Gasteiger partial charge < -0.3 is 5.11 Å². The lowest BCUT2D eigenvalue weighted by molar-refractivity contribution is 0.0995. The third-order valence-electron chi connectivity index (χ3n) is 3.11. The molecule has 0 spiro atoms. The van der Waals surface area contributed by atoms with Crippen LogP contribution in [0.25, 0.3) is 0 Å². The molecule has 1 N–H and O–H groups in total. The van der Waals surface area contributed by atoms with Gasteiger partial charge in [0, 0.05) is 18.5 Å². The predicted octanol–water partition coefficient (Wildman–Crippen LogP) is 0.758. The van der Waals surface area contributed by atoms with E-state index in [9.17, 15) is 9.50 Å². The van der Waals surface area contributed by atoms with Gasteiger partial charge in [0.05, 0.1) is 6.61 Å². The van der Waals surface area contributed by atoms with Crippen molar-refractivity contribution in [3.05, 3.63) is 0 Å². The van der Waals surface area contributed by atoms with E-state index < -0.39 is 5.41 Å². The zero-order chi connectivity index (χ0) is 8.82. The van der Waals surface area contributed by atoms with Crippen LogP contribution >= 0.6 is 9.24 Å². The number of fused-ring (bicyclic) bond motifs is 1. The second-order valence-electron chi connectivity index (χ2n) is 4.12. The number of aliphatic hydroxyl groups is 1. The standard InChI is InChI=1S/C8H15FNOP/c9-8(12)4-7(6-11)2-1-3-10(7)5-8/h11H,1-6,12H2. The van der Waals surface area contributed by atoms with Crippen LogP contribution < -0.4 is 0 Å². The summed E-state index contributed by atoms with van der Waals surface area (Å²) in [5.41, 5.74) is -0.226. The van der Waals surface area contributed by atoms with Crippen molar-refractivity contribution >= 4 is 9.24 Å². The van der Waals surface area contributed by atoms with Crippen molar-refractivity contribution in [2.45, 2.75) is 30.2 Å². The van der Waals surface area contributed by atoms with Crippen molar-refractivity contribution in [1.82, 2.24) is 4.90 Å². The molecule has 4 heteroatoms. The maximum Gasteiger partial charge on any atom is 0.138 e. The Bertz CT molecular complexity index is 199. The first-order valence-electron chi connectivity index (χ1n) is 4.42. The highest BCUT2D eigenvalue weighted by atomic mass is 31.0. The number of halogens is 1. The Morgan fingerprint density at radius 2 is 2.33 bits per heavy atom. The molecule has 2 fully saturated rings. The quantitative estimate of drug-likeness (QED) is 0.618. The highest BCUT2D eigenvalue weighted by Crippen LogP contribution is 2.47. The van der Waals surface area contributed by atoms with Gasteiger partial charge in [-0.25, -0.2) is 4.39 Å². The summed E-state index contributed by atoms with van der Waals surface area (Å²) in [6.45, 7) is 1.52. The SMILES string of the molecule is OCC12CCCN1CC(F)(P)C2. The Morgan fingerprint density at radius 3 is 2.92 bits per heavy atom. The molecule has 2 aliphatic rings. The molecule has 2 aliphatic heterocycles. The Balaban J connectivity index is 2.20. The van der Waals surface area contributed by atoms with Crippen molar-refractivity contribution in [1.29, 1.82) is 0 Å². The van der Waals surface area contributed by atoms with Crippen LogP contribution in [0, 0.1) is 0 Å². The van der Waals surface area contributed by atoms with E-state index in [0.29, 0.717) is 13.0 Å². The molecule has 0 bridgehead atoms. The van der Waals surface area contributed by atoms with Gasteiger partial charge in [-0.3, -0.25) is 4.90 Å². The van der Waals surface area contributed by atoms with Crippen molar-refractivity contribution in [2.75, 3.05) is 19.7 Å². The minimum Gasteiger partial charge on any atom is -0.394 e. The number of hydrogen-bond donors (Lipinski definition) is 1. The number of rotatable bonds is 1. The molecule has 0 aromatic heterocycles. The lowest BCUT2D eigenvalue weighted by atomic mass is 9.95. The molecule has 2 saturated heterocycles. The average molecular weight is 191 g/mol. The normalized spacial score (nSPS) is 48.2. The van der Waals surface area contributed by atoms with Crippen LogP contribution in [0.15, 0.2) is 0 Å². The van der Waals surface area contributed by atoms with Crippen LogP contribution in [0.3, 0.4) is 0 Å².